The molecule has 1 N–H and O–H groups in total. The van der Waals surface area contributed by atoms with Gasteiger partial charge in [-0.3, -0.25) is 0 Å². The van der Waals surface area contributed by atoms with Crippen LogP contribution in [-0.2, 0) is 17.6 Å². The van der Waals surface area contributed by atoms with Gasteiger partial charge in [-0.2, -0.15) is 0 Å². The predicted octanol–water partition coefficient (Wildman–Crippen LogP) is 2.88. The van der Waals surface area contributed by atoms with Gasteiger partial charge in [-0.05, 0) is 51.9 Å². The summed E-state index contributed by atoms with van der Waals surface area (Å²) >= 11 is 0. The highest BCUT2D eigenvalue weighted by Crippen LogP contribution is 2.43. The summed E-state index contributed by atoms with van der Waals surface area (Å²) in [5.41, 5.74) is 2.57. The Morgan fingerprint density at radius 1 is 1.26 bits per heavy atom. The van der Waals surface area contributed by atoms with Crippen molar-refractivity contribution in [1.29, 1.82) is 0 Å². The molecule has 1 heterocycles. The molecule has 1 aromatic heterocycles. The fourth-order valence-electron chi connectivity index (χ4n) is 2.89. The fraction of sp³-hybridized carbons (Fsp3) is 0.733. The summed E-state index contributed by atoms with van der Waals surface area (Å²) in [6, 6.07) is 0. The van der Waals surface area contributed by atoms with Crippen LogP contribution in [0.3, 0.4) is 0 Å². The van der Waals surface area contributed by atoms with E-state index in [-0.39, 0.29) is 6.10 Å². The molecule has 1 atom stereocenters. The van der Waals surface area contributed by atoms with Crippen molar-refractivity contribution in [3.63, 3.8) is 0 Å². The van der Waals surface area contributed by atoms with Gasteiger partial charge in [0, 0.05) is 24.4 Å². The number of fused-ring (bicyclic) bond motifs is 1. The summed E-state index contributed by atoms with van der Waals surface area (Å²) in [5.74, 6) is 2.58. The second-order valence-electron chi connectivity index (χ2n) is 5.45. The van der Waals surface area contributed by atoms with Crippen LogP contribution in [0.2, 0.25) is 0 Å². The molecule has 4 heteroatoms. The average Bonchev–Trinajstić information content (AvgIpc) is 3.13. The Balaban J connectivity index is 1.94. The maximum absolute atomic E-state index is 5.89. The Bertz CT molecular complexity index is 457. The summed E-state index contributed by atoms with van der Waals surface area (Å²) in [6.07, 6.45) is 6.01. The Morgan fingerprint density at radius 3 is 2.79 bits per heavy atom. The molecule has 0 radical (unpaired) electrons. The van der Waals surface area contributed by atoms with E-state index in [1.807, 2.05) is 6.92 Å². The van der Waals surface area contributed by atoms with Crippen molar-refractivity contribution in [2.45, 2.75) is 52.1 Å². The number of rotatable bonds is 6. The van der Waals surface area contributed by atoms with Crippen molar-refractivity contribution in [2.75, 3.05) is 18.5 Å². The first-order valence-corrected chi connectivity index (χ1v) is 7.58. The largest absolute Gasteiger partial charge is 0.370 e. The maximum atomic E-state index is 5.89. The first-order valence-electron chi connectivity index (χ1n) is 7.58. The van der Waals surface area contributed by atoms with Gasteiger partial charge in [-0.15, -0.1) is 0 Å². The van der Waals surface area contributed by atoms with Gasteiger partial charge in [0.25, 0.3) is 0 Å². The molecular formula is C15H23N3O. The summed E-state index contributed by atoms with van der Waals surface area (Å²) in [4.78, 5) is 9.57. The van der Waals surface area contributed by atoms with E-state index in [1.54, 1.807) is 0 Å². The van der Waals surface area contributed by atoms with Crippen LogP contribution >= 0.6 is 0 Å². The van der Waals surface area contributed by atoms with E-state index in [2.05, 4.69) is 12.2 Å². The lowest BCUT2D eigenvalue weighted by molar-refractivity contribution is 0.0400. The standard InChI is InChI=1S/C15H23N3O/c1-3-16-14-11-6-5-7-12(11)17-15(18-14)13(19-4-2)10-8-9-10/h10,13H,3-9H2,1-2H3,(H,16,17,18). The van der Waals surface area contributed by atoms with Crippen molar-refractivity contribution in [1.82, 2.24) is 9.97 Å². The van der Waals surface area contributed by atoms with Gasteiger partial charge in [-0.25, -0.2) is 9.97 Å². The molecule has 0 bridgehead atoms. The third-order valence-electron chi connectivity index (χ3n) is 3.95. The molecule has 0 amide bonds. The molecule has 0 aliphatic heterocycles. The van der Waals surface area contributed by atoms with Gasteiger partial charge in [0.2, 0.25) is 0 Å². The molecule has 19 heavy (non-hydrogen) atoms. The highest BCUT2D eigenvalue weighted by Gasteiger charge is 2.36. The number of aromatic nitrogens is 2. The minimum atomic E-state index is 0.105. The minimum absolute atomic E-state index is 0.105. The van der Waals surface area contributed by atoms with Gasteiger partial charge >= 0.3 is 0 Å². The first kappa shape index (κ1) is 12.9. The first-order chi connectivity index (χ1) is 9.33. The van der Waals surface area contributed by atoms with Crippen LogP contribution in [0, 0.1) is 5.92 Å². The number of nitrogens with zero attached hydrogens (tertiary/aromatic N) is 2. The summed E-state index contributed by atoms with van der Waals surface area (Å²) in [5, 5.41) is 3.40. The maximum Gasteiger partial charge on any atom is 0.160 e. The molecule has 4 nitrogen and oxygen atoms in total. The highest BCUT2D eigenvalue weighted by atomic mass is 16.5. The predicted molar refractivity (Wildman–Crippen MR) is 75.3 cm³/mol. The van der Waals surface area contributed by atoms with Crippen LogP contribution in [0.4, 0.5) is 5.82 Å². The lowest BCUT2D eigenvalue weighted by Crippen LogP contribution is -2.15. The number of hydrogen-bond acceptors (Lipinski definition) is 4. The highest BCUT2D eigenvalue weighted by molar-refractivity contribution is 5.49. The second-order valence-corrected chi connectivity index (χ2v) is 5.45. The zero-order valence-corrected chi connectivity index (χ0v) is 11.9. The molecule has 0 spiro atoms. The summed E-state index contributed by atoms with van der Waals surface area (Å²) in [7, 11) is 0. The van der Waals surface area contributed by atoms with E-state index in [1.165, 1.54) is 30.5 Å². The fourth-order valence-corrected chi connectivity index (χ4v) is 2.89. The van der Waals surface area contributed by atoms with Crippen LogP contribution in [-0.4, -0.2) is 23.1 Å². The van der Waals surface area contributed by atoms with Crippen LogP contribution in [0.25, 0.3) is 0 Å². The lowest BCUT2D eigenvalue weighted by atomic mass is 10.2. The normalized spacial score (nSPS) is 19.3. The molecular weight excluding hydrogens is 238 g/mol. The monoisotopic (exact) mass is 261 g/mol. The van der Waals surface area contributed by atoms with Crippen molar-refractivity contribution in [3.8, 4) is 0 Å². The van der Waals surface area contributed by atoms with E-state index in [9.17, 15) is 0 Å². The third kappa shape index (κ3) is 2.59. The molecule has 3 rings (SSSR count). The summed E-state index contributed by atoms with van der Waals surface area (Å²) in [6.45, 7) is 5.81. The molecule has 1 saturated carbocycles. The van der Waals surface area contributed by atoms with E-state index in [4.69, 9.17) is 14.7 Å². The molecule has 0 saturated heterocycles. The SMILES string of the molecule is CCNc1nc(C(OCC)C2CC2)nc2c1CCC2. The molecule has 104 valence electrons. The van der Waals surface area contributed by atoms with Gasteiger partial charge < -0.3 is 10.1 Å². The van der Waals surface area contributed by atoms with E-state index < -0.39 is 0 Å². The number of ether oxygens (including phenoxy) is 1. The Hall–Kier alpha value is -1.16. The van der Waals surface area contributed by atoms with Crippen LogP contribution in [0.1, 0.15) is 56.3 Å². The van der Waals surface area contributed by atoms with Crippen LogP contribution in [0.5, 0.6) is 0 Å². The topological polar surface area (TPSA) is 47.0 Å². The van der Waals surface area contributed by atoms with E-state index >= 15 is 0 Å². The van der Waals surface area contributed by atoms with Crippen LogP contribution in [0.15, 0.2) is 0 Å². The molecule has 2 aliphatic rings. The van der Waals surface area contributed by atoms with Gasteiger partial charge in [0.1, 0.15) is 11.9 Å². The Labute approximate surface area is 115 Å². The number of aryl methyl sites for hydroxylation is 1. The molecule has 1 fully saturated rings. The molecule has 1 aromatic rings. The minimum Gasteiger partial charge on any atom is -0.370 e. The van der Waals surface area contributed by atoms with Gasteiger partial charge in [-0.1, -0.05) is 0 Å². The zero-order chi connectivity index (χ0) is 13.2. The second kappa shape index (κ2) is 5.45. The van der Waals surface area contributed by atoms with Gasteiger partial charge in [0.15, 0.2) is 5.82 Å². The number of nitrogens with one attached hydrogen (secondary N) is 1. The lowest BCUT2D eigenvalue weighted by Gasteiger charge is -2.18. The Kier molecular flexibility index (Phi) is 3.69. The third-order valence-corrected chi connectivity index (χ3v) is 3.95. The van der Waals surface area contributed by atoms with Crippen molar-refractivity contribution in [3.05, 3.63) is 17.1 Å². The summed E-state index contributed by atoms with van der Waals surface area (Å²) < 4.78 is 5.89. The van der Waals surface area contributed by atoms with Crippen molar-refractivity contribution in [2.24, 2.45) is 5.92 Å². The average molecular weight is 261 g/mol. The van der Waals surface area contributed by atoms with E-state index in [0.717, 1.165) is 37.6 Å². The van der Waals surface area contributed by atoms with E-state index in [0.29, 0.717) is 5.92 Å². The van der Waals surface area contributed by atoms with Crippen molar-refractivity contribution >= 4 is 5.82 Å². The number of anilines is 1. The molecule has 2 aliphatic carbocycles. The number of hydrogen-bond donors (Lipinski definition) is 1. The van der Waals surface area contributed by atoms with Gasteiger partial charge in [0.05, 0.1) is 0 Å². The Morgan fingerprint density at radius 2 is 2.11 bits per heavy atom. The van der Waals surface area contributed by atoms with Crippen molar-refractivity contribution < 1.29 is 4.74 Å². The quantitative estimate of drug-likeness (QED) is 0.855. The zero-order valence-electron chi connectivity index (χ0n) is 11.9. The molecule has 1 unspecified atom stereocenters. The molecule has 0 aromatic carbocycles. The smallest absolute Gasteiger partial charge is 0.160 e. The van der Waals surface area contributed by atoms with Crippen LogP contribution < -0.4 is 5.32 Å².